The molecule has 1 atom stereocenters. The molecule has 0 spiro atoms. The number of methoxy groups -OCH3 is 1. The largest absolute Gasteiger partial charge is 0.465 e. The van der Waals surface area contributed by atoms with Crippen molar-refractivity contribution in [3.8, 4) is 0 Å². The van der Waals surface area contributed by atoms with Crippen LogP contribution in [0.1, 0.15) is 58.0 Å². The lowest BCUT2D eigenvalue weighted by atomic mass is 9.97. The van der Waals surface area contributed by atoms with Crippen LogP contribution in [0.4, 0.5) is 0 Å². The van der Waals surface area contributed by atoms with Gasteiger partial charge >= 0.3 is 5.97 Å². The molecule has 1 aliphatic heterocycles. The summed E-state index contributed by atoms with van der Waals surface area (Å²) >= 11 is 6.27. The van der Waals surface area contributed by atoms with E-state index in [0.717, 1.165) is 24.8 Å². The maximum atomic E-state index is 13.0. The molecular weight excluding hydrogens is 414 g/mol. The minimum Gasteiger partial charge on any atom is -0.465 e. The highest BCUT2D eigenvalue weighted by atomic mass is 35.5. The fraction of sp³-hybridized carbons (Fsp3) is 0.333. The second kappa shape index (κ2) is 9.98. The number of hydrogen-bond acceptors (Lipinski definition) is 6. The molecule has 164 valence electrons. The van der Waals surface area contributed by atoms with Gasteiger partial charge in [0.2, 0.25) is 0 Å². The summed E-state index contributed by atoms with van der Waals surface area (Å²) in [6.07, 6.45) is 4.87. The molecule has 1 unspecified atom stereocenters. The Hall–Kier alpha value is -2.83. The molecule has 0 saturated carbocycles. The third-order valence-electron chi connectivity index (χ3n) is 5.60. The average molecular weight is 442 g/mol. The predicted octanol–water partition coefficient (Wildman–Crippen LogP) is 3.99. The van der Waals surface area contributed by atoms with Gasteiger partial charge in [-0.1, -0.05) is 67.4 Å². The average Bonchev–Trinajstić information content (AvgIpc) is 3.12. The van der Waals surface area contributed by atoms with Crippen molar-refractivity contribution in [3.63, 3.8) is 0 Å². The van der Waals surface area contributed by atoms with E-state index >= 15 is 0 Å². The topological polar surface area (TPSA) is 84.7 Å². The lowest BCUT2D eigenvalue weighted by Gasteiger charge is -2.39. The smallest absolute Gasteiger partial charge is 0.338 e. The lowest BCUT2D eigenvalue weighted by molar-refractivity contribution is 0.0597. The van der Waals surface area contributed by atoms with Crippen LogP contribution < -0.4 is 11.1 Å². The number of benzene rings is 2. The predicted molar refractivity (Wildman–Crippen MR) is 122 cm³/mol. The normalized spacial score (nSPS) is 17.8. The molecule has 2 aromatic carbocycles. The number of carbonyl (C=O) groups excluding carboxylic acids is 2. The first-order valence-electron chi connectivity index (χ1n) is 10.4. The third-order valence-corrected chi connectivity index (χ3v) is 5.79. The first-order chi connectivity index (χ1) is 14.9. The number of ketones is 1. The number of ether oxygens (including phenoxy) is 1. The summed E-state index contributed by atoms with van der Waals surface area (Å²) in [6, 6.07) is 14.0. The van der Waals surface area contributed by atoms with Crippen molar-refractivity contribution in [1.29, 1.82) is 0 Å². The molecule has 0 bridgehead atoms. The first-order valence-corrected chi connectivity index (χ1v) is 10.7. The summed E-state index contributed by atoms with van der Waals surface area (Å²) < 4.78 is 4.79. The van der Waals surface area contributed by atoms with Crippen molar-refractivity contribution in [2.24, 2.45) is 5.73 Å². The molecule has 0 fully saturated rings. The Kier molecular flexibility index (Phi) is 7.36. The van der Waals surface area contributed by atoms with Crippen molar-refractivity contribution < 1.29 is 14.3 Å². The van der Waals surface area contributed by atoms with Crippen LogP contribution in [0.3, 0.4) is 0 Å². The molecule has 0 saturated heterocycles. The van der Waals surface area contributed by atoms with Crippen LogP contribution in [0.5, 0.6) is 0 Å². The SMILES string of the molecule is CCCCC1(CN)NC(Cl)=CN1Cc1ccc(C(=O)c2ccccc2C(=O)OC)cc1. The van der Waals surface area contributed by atoms with E-state index in [1.54, 1.807) is 36.4 Å². The Morgan fingerprint density at radius 2 is 1.81 bits per heavy atom. The zero-order chi connectivity index (χ0) is 22.4. The standard InChI is InChI=1S/C24H28ClN3O3/c1-3-4-13-24(16-26)27-21(25)15-28(24)14-17-9-11-18(12-10-17)22(29)19-7-5-6-8-20(19)23(30)31-2/h5-12,15,27H,3-4,13-14,16,26H2,1-2H3. The Balaban J connectivity index is 1.79. The molecule has 31 heavy (non-hydrogen) atoms. The fourth-order valence-electron chi connectivity index (χ4n) is 3.81. The summed E-state index contributed by atoms with van der Waals surface area (Å²) in [5, 5.41) is 3.90. The van der Waals surface area contributed by atoms with Crippen molar-refractivity contribution in [2.45, 2.75) is 38.4 Å². The number of hydrogen-bond donors (Lipinski definition) is 2. The van der Waals surface area contributed by atoms with Gasteiger partial charge in [0, 0.05) is 30.4 Å². The molecule has 2 aromatic rings. The molecule has 6 nitrogen and oxygen atoms in total. The van der Waals surface area contributed by atoms with Gasteiger partial charge in [0.1, 0.15) is 10.8 Å². The molecule has 0 amide bonds. The Morgan fingerprint density at radius 1 is 1.13 bits per heavy atom. The second-order valence-electron chi connectivity index (χ2n) is 7.63. The molecule has 7 heteroatoms. The second-order valence-corrected chi connectivity index (χ2v) is 8.04. The van der Waals surface area contributed by atoms with Gasteiger partial charge in [-0.2, -0.15) is 0 Å². The van der Waals surface area contributed by atoms with Gasteiger partial charge in [0.05, 0.1) is 12.7 Å². The van der Waals surface area contributed by atoms with Gasteiger partial charge < -0.3 is 20.7 Å². The number of halogens is 1. The highest BCUT2D eigenvalue weighted by Gasteiger charge is 2.38. The lowest BCUT2D eigenvalue weighted by Crippen LogP contribution is -2.56. The maximum Gasteiger partial charge on any atom is 0.338 e. The number of carbonyl (C=O) groups is 2. The van der Waals surface area contributed by atoms with E-state index in [-0.39, 0.29) is 11.3 Å². The number of rotatable bonds is 9. The zero-order valence-corrected chi connectivity index (χ0v) is 18.6. The molecule has 1 aliphatic rings. The van der Waals surface area contributed by atoms with Gasteiger partial charge in [0.25, 0.3) is 0 Å². The number of nitrogens with zero attached hydrogens (tertiary/aromatic N) is 1. The van der Waals surface area contributed by atoms with Crippen LogP contribution >= 0.6 is 11.6 Å². The van der Waals surface area contributed by atoms with Crippen LogP contribution in [0.25, 0.3) is 0 Å². The van der Waals surface area contributed by atoms with E-state index in [4.69, 9.17) is 22.1 Å². The van der Waals surface area contributed by atoms with E-state index < -0.39 is 11.6 Å². The molecule has 0 aromatic heterocycles. The third kappa shape index (κ3) is 4.92. The molecule has 3 rings (SSSR count). The minimum atomic E-state index is -0.532. The number of nitrogens with two attached hydrogens (primary N) is 1. The molecule has 1 heterocycles. The first kappa shape index (κ1) is 22.8. The molecular formula is C24H28ClN3O3. The summed E-state index contributed by atoms with van der Waals surface area (Å²) in [6.45, 7) is 3.19. The number of nitrogens with one attached hydrogen (secondary N) is 1. The minimum absolute atomic E-state index is 0.224. The van der Waals surface area contributed by atoms with Crippen molar-refractivity contribution in [3.05, 3.63) is 82.1 Å². The van der Waals surface area contributed by atoms with Crippen molar-refractivity contribution in [1.82, 2.24) is 10.2 Å². The quantitative estimate of drug-likeness (QED) is 0.347. The Bertz CT molecular complexity index is 974. The van der Waals surface area contributed by atoms with Crippen LogP contribution in [0.2, 0.25) is 0 Å². The molecule has 3 N–H and O–H groups in total. The maximum absolute atomic E-state index is 13.0. The van der Waals surface area contributed by atoms with Crippen LogP contribution in [-0.4, -0.2) is 36.0 Å². The summed E-state index contributed by atoms with van der Waals surface area (Å²) in [4.78, 5) is 27.1. The van der Waals surface area contributed by atoms with Gasteiger partial charge in [0.15, 0.2) is 5.78 Å². The van der Waals surface area contributed by atoms with Gasteiger partial charge in [-0.3, -0.25) is 4.79 Å². The van der Waals surface area contributed by atoms with Crippen molar-refractivity contribution in [2.75, 3.05) is 13.7 Å². The van der Waals surface area contributed by atoms with E-state index in [1.165, 1.54) is 7.11 Å². The number of esters is 1. The molecule has 0 aliphatic carbocycles. The summed E-state index contributed by atoms with van der Waals surface area (Å²) in [5.74, 6) is -0.756. The van der Waals surface area contributed by atoms with E-state index in [0.29, 0.717) is 29.4 Å². The van der Waals surface area contributed by atoms with E-state index in [2.05, 4.69) is 17.1 Å². The Labute approximate surface area is 188 Å². The van der Waals surface area contributed by atoms with Crippen LogP contribution in [0, 0.1) is 0 Å². The Morgan fingerprint density at radius 3 is 2.42 bits per heavy atom. The monoisotopic (exact) mass is 441 g/mol. The highest BCUT2D eigenvalue weighted by Crippen LogP contribution is 2.30. The summed E-state index contributed by atoms with van der Waals surface area (Å²) in [7, 11) is 1.30. The fourth-order valence-corrected chi connectivity index (χ4v) is 4.11. The highest BCUT2D eigenvalue weighted by molar-refractivity contribution is 6.29. The number of unbranched alkanes of at least 4 members (excludes halogenated alkanes) is 1. The van der Waals surface area contributed by atoms with Gasteiger partial charge in [-0.05, 0) is 24.5 Å². The van der Waals surface area contributed by atoms with Crippen molar-refractivity contribution >= 4 is 23.4 Å². The zero-order valence-electron chi connectivity index (χ0n) is 17.9. The van der Waals surface area contributed by atoms with Crippen LogP contribution in [0.15, 0.2) is 59.9 Å². The molecule has 0 radical (unpaired) electrons. The summed E-state index contributed by atoms with van der Waals surface area (Å²) in [5.41, 5.74) is 7.82. The van der Waals surface area contributed by atoms with Gasteiger partial charge in [-0.15, -0.1) is 0 Å². The van der Waals surface area contributed by atoms with E-state index in [9.17, 15) is 9.59 Å². The van der Waals surface area contributed by atoms with Crippen LogP contribution in [-0.2, 0) is 11.3 Å². The van der Waals surface area contributed by atoms with E-state index in [1.807, 2.05) is 18.3 Å². The van der Waals surface area contributed by atoms with Gasteiger partial charge in [-0.25, -0.2) is 4.79 Å².